The number of hydrogen-bond donors (Lipinski definition) is 2. The first-order chi connectivity index (χ1) is 9.63. The van der Waals surface area contributed by atoms with E-state index in [1.54, 1.807) is 0 Å². The van der Waals surface area contributed by atoms with E-state index in [9.17, 15) is 4.79 Å². The molecule has 0 aromatic carbocycles. The predicted molar refractivity (Wildman–Crippen MR) is 85.7 cm³/mol. The molecule has 1 heterocycles. The topological polar surface area (TPSA) is 87.9 Å². The fourth-order valence-corrected chi connectivity index (χ4v) is 2.86. The summed E-state index contributed by atoms with van der Waals surface area (Å²) < 4.78 is 0. The molecule has 0 aromatic heterocycles. The maximum Gasteiger partial charge on any atom is 0.222 e. The maximum absolute atomic E-state index is 12.0. The van der Waals surface area contributed by atoms with E-state index < -0.39 is 0 Å². The second-order valence-electron chi connectivity index (χ2n) is 5.03. The molecule has 0 atom stereocenters. The Hall–Kier alpha value is -0.950. The van der Waals surface area contributed by atoms with Gasteiger partial charge in [-0.05, 0) is 19.1 Å². The molecule has 0 unspecified atom stereocenters. The highest BCUT2D eigenvalue weighted by atomic mass is 32.2. The second kappa shape index (κ2) is 9.88. The molecule has 6 nitrogen and oxygen atoms in total. The van der Waals surface area contributed by atoms with Crippen LogP contribution in [0.15, 0.2) is 4.99 Å². The quantitative estimate of drug-likeness (QED) is 0.382. The Morgan fingerprint density at radius 2 is 1.85 bits per heavy atom. The van der Waals surface area contributed by atoms with E-state index >= 15 is 0 Å². The number of piperazine rings is 1. The average Bonchev–Trinajstić information content (AvgIpc) is 2.43. The van der Waals surface area contributed by atoms with Gasteiger partial charge in [0.25, 0.3) is 0 Å². The third-order valence-electron chi connectivity index (χ3n) is 3.38. The van der Waals surface area contributed by atoms with Crippen molar-refractivity contribution in [2.24, 2.45) is 16.5 Å². The molecule has 116 valence electrons. The lowest BCUT2D eigenvalue weighted by molar-refractivity contribution is -0.132. The SMILES string of the molecule is CSCN1CCN(C(=O)CCCCCN=C(N)N)CC1. The van der Waals surface area contributed by atoms with Gasteiger partial charge in [0.2, 0.25) is 5.91 Å². The van der Waals surface area contributed by atoms with Crippen LogP contribution in [0.2, 0.25) is 0 Å². The van der Waals surface area contributed by atoms with E-state index in [4.69, 9.17) is 11.5 Å². The molecule has 4 N–H and O–H groups in total. The summed E-state index contributed by atoms with van der Waals surface area (Å²) in [6, 6.07) is 0. The van der Waals surface area contributed by atoms with Crippen molar-refractivity contribution < 1.29 is 4.79 Å². The molecule has 1 rings (SSSR count). The van der Waals surface area contributed by atoms with Crippen molar-refractivity contribution in [2.45, 2.75) is 25.7 Å². The first-order valence-electron chi connectivity index (χ1n) is 7.18. The Balaban J connectivity index is 2.07. The Morgan fingerprint density at radius 1 is 1.15 bits per heavy atom. The second-order valence-corrected chi connectivity index (χ2v) is 5.87. The van der Waals surface area contributed by atoms with Crippen molar-refractivity contribution in [2.75, 3.05) is 44.9 Å². The fraction of sp³-hybridized carbons (Fsp3) is 0.846. The van der Waals surface area contributed by atoms with Crippen LogP contribution in [0.5, 0.6) is 0 Å². The molecule has 0 aromatic rings. The summed E-state index contributed by atoms with van der Waals surface area (Å²) in [5, 5.41) is 0. The van der Waals surface area contributed by atoms with E-state index in [2.05, 4.69) is 16.1 Å². The van der Waals surface area contributed by atoms with Gasteiger partial charge in [0.15, 0.2) is 5.96 Å². The van der Waals surface area contributed by atoms with Gasteiger partial charge in [-0.25, -0.2) is 0 Å². The smallest absolute Gasteiger partial charge is 0.222 e. The third kappa shape index (κ3) is 7.00. The van der Waals surface area contributed by atoms with Gasteiger partial charge in [0.1, 0.15) is 0 Å². The zero-order chi connectivity index (χ0) is 14.8. The summed E-state index contributed by atoms with van der Waals surface area (Å²) in [5.74, 6) is 1.49. The van der Waals surface area contributed by atoms with Crippen molar-refractivity contribution >= 4 is 23.6 Å². The maximum atomic E-state index is 12.0. The summed E-state index contributed by atoms with van der Waals surface area (Å²) in [4.78, 5) is 20.3. The van der Waals surface area contributed by atoms with Gasteiger partial charge >= 0.3 is 0 Å². The first kappa shape index (κ1) is 17.1. The highest BCUT2D eigenvalue weighted by Gasteiger charge is 2.19. The molecule has 0 bridgehead atoms. The lowest BCUT2D eigenvalue weighted by Gasteiger charge is -2.34. The van der Waals surface area contributed by atoms with E-state index in [0.29, 0.717) is 13.0 Å². The minimum atomic E-state index is 0.143. The van der Waals surface area contributed by atoms with E-state index in [0.717, 1.165) is 51.3 Å². The average molecular weight is 301 g/mol. The number of nitrogens with zero attached hydrogens (tertiary/aromatic N) is 3. The molecule has 1 fully saturated rings. The van der Waals surface area contributed by atoms with Crippen molar-refractivity contribution in [1.29, 1.82) is 0 Å². The van der Waals surface area contributed by atoms with Crippen molar-refractivity contribution in [3.63, 3.8) is 0 Å². The van der Waals surface area contributed by atoms with Gasteiger partial charge in [-0.2, -0.15) is 0 Å². The summed E-state index contributed by atoms with van der Waals surface area (Å²) in [6.07, 6.45) is 5.61. The Bertz CT molecular complexity index is 312. The van der Waals surface area contributed by atoms with Gasteiger partial charge in [-0.1, -0.05) is 6.42 Å². The van der Waals surface area contributed by atoms with Crippen LogP contribution in [0.25, 0.3) is 0 Å². The molecule has 0 aliphatic carbocycles. The number of unbranched alkanes of at least 4 members (excludes halogenated alkanes) is 2. The molecule has 1 amide bonds. The predicted octanol–water partition coefficient (Wildman–Crippen LogP) is 0.285. The summed E-state index contributed by atoms with van der Waals surface area (Å²) >= 11 is 1.84. The van der Waals surface area contributed by atoms with Crippen LogP contribution >= 0.6 is 11.8 Å². The number of amides is 1. The zero-order valence-corrected chi connectivity index (χ0v) is 13.2. The van der Waals surface area contributed by atoms with Crippen molar-refractivity contribution in [1.82, 2.24) is 9.80 Å². The van der Waals surface area contributed by atoms with E-state index in [1.807, 2.05) is 16.7 Å². The lowest BCUT2D eigenvalue weighted by atomic mass is 10.1. The fourth-order valence-electron chi connectivity index (χ4n) is 2.24. The Kier molecular flexibility index (Phi) is 8.45. The van der Waals surface area contributed by atoms with Gasteiger partial charge in [-0.3, -0.25) is 14.7 Å². The molecule has 1 aliphatic rings. The van der Waals surface area contributed by atoms with Crippen LogP contribution in [0, 0.1) is 0 Å². The normalized spacial score (nSPS) is 16.1. The third-order valence-corrected chi connectivity index (χ3v) is 4.00. The lowest BCUT2D eigenvalue weighted by Crippen LogP contribution is -2.48. The molecular formula is C13H27N5OS. The number of rotatable bonds is 8. The number of carbonyl (C=O) groups is 1. The zero-order valence-electron chi connectivity index (χ0n) is 12.4. The van der Waals surface area contributed by atoms with Crippen LogP contribution in [0.1, 0.15) is 25.7 Å². The summed E-state index contributed by atoms with van der Waals surface area (Å²) in [7, 11) is 0. The Labute approximate surface area is 125 Å². The molecule has 7 heteroatoms. The summed E-state index contributed by atoms with van der Waals surface area (Å²) in [5.41, 5.74) is 10.5. The minimum Gasteiger partial charge on any atom is -0.370 e. The molecule has 0 spiro atoms. The number of hydrogen-bond acceptors (Lipinski definition) is 4. The molecule has 1 saturated heterocycles. The van der Waals surface area contributed by atoms with Crippen LogP contribution in [-0.4, -0.2) is 66.5 Å². The monoisotopic (exact) mass is 301 g/mol. The number of thioether (sulfide) groups is 1. The molecule has 0 radical (unpaired) electrons. The standard InChI is InChI=1S/C13H27N5OS/c1-20-11-17-7-9-18(10-8-17)12(19)5-3-2-4-6-16-13(14)15/h2-11H2,1H3,(H4,14,15,16). The van der Waals surface area contributed by atoms with Gasteiger partial charge in [0.05, 0.1) is 0 Å². The van der Waals surface area contributed by atoms with Crippen molar-refractivity contribution in [3.8, 4) is 0 Å². The van der Waals surface area contributed by atoms with E-state index in [1.165, 1.54) is 0 Å². The highest BCUT2D eigenvalue weighted by Crippen LogP contribution is 2.09. The van der Waals surface area contributed by atoms with Gasteiger partial charge in [0, 0.05) is 45.0 Å². The molecule has 1 aliphatic heterocycles. The largest absolute Gasteiger partial charge is 0.370 e. The number of carbonyl (C=O) groups excluding carboxylic acids is 1. The molecular weight excluding hydrogens is 274 g/mol. The summed E-state index contributed by atoms with van der Waals surface area (Å²) in [6.45, 7) is 4.39. The number of guanidine groups is 1. The molecule has 0 saturated carbocycles. The van der Waals surface area contributed by atoms with Gasteiger partial charge in [-0.15, -0.1) is 11.8 Å². The number of nitrogens with two attached hydrogens (primary N) is 2. The van der Waals surface area contributed by atoms with Crippen molar-refractivity contribution in [3.05, 3.63) is 0 Å². The van der Waals surface area contributed by atoms with E-state index in [-0.39, 0.29) is 11.9 Å². The van der Waals surface area contributed by atoms with Crippen LogP contribution in [-0.2, 0) is 4.79 Å². The molecule has 20 heavy (non-hydrogen) atoms. The van der Waals surface area contributed by atoms with Crippen LogP contribution < -0.4 is 11.5 Å². The van der Waals surface area contributed by atoms with Crippen LogP contribution in [0.3, 0.4) is 0 Å². The minimum absolute atomic E-state index is 0.143. The first-order valence-corrected chi connectivity index (χ1v) is 8.57. The Morgan fingerprint density at radius 3 is 2.45 bits per heavy atom. The van der Waals surface area contributed by atoms with Gasteiger partial charge < -0.3 is 16.4 Å². The number of aliphatic imine (C=N–C) groups is 1. The highest BCUT2D eigenvalue weighted by molar-refractivity contribution is 7.98. The van der Waals surface area contributed by atoms with Crippen LogP contribution in [0.4, 0.5) is 0 Å².